The Labute approximate surface area is 181 Å². The number of benzene rings is 2. The molecule has 0 radical (unpaired) electrons. The molecule has 0 spiro atoms. The van der Waals surface area contributed by atoms with Crippen LogP contribution in [0.4, 0.5) is 15.3 Å². The number of carboxylic acid groups (broad SMARTS) is 1. The summed E-state index contributed by atoms with van der Waals surface area (Å²) in [5.41, 5.74) is 3.02. The minimum absolute atomic E-state index is 0.241. The van der Waals surface area contributed by atoms with E-state index in [4.69, 9.17) is 9.47 Å². The Morgan fingerprint density at radius 3 is 2.32 bits per heavy atom. The Hall–Kier alpha value is -3.26. The Morgan fingerprint density at radius 2 is 1.65 bits per heavy atom. The van der Waals surface area contributed by atoms with Crippen LogP contribution < -0.4 is 4.90 Å². The maximum atomic E-state index is 12.3. The summed E-state index contributed by atoms with van der Waals surface area (Å²) in [6.07, 6.45) is -1.43. The molecule has 0 bridgehead atoms. The molecule has 2 amide bonds. The van der Waals surface area contributed by atoms with Crippen LogP contribution in [-0.4, -0.2) is 73.0 Å². The van der Waals surface area contributed by atoms with Gasteiger partial charge in [-0.15, -0.1) is 0 Å². The summed E-state index contributed by atoms with van der Waals surface area (Å²) in [5, 5.41) is 9.20. The van der Waals surface area contributed by atoms with Gasteiger partial charge in [-0.25, -0.2) is 9.59 Å². The molecule has 0 aliphatic carbocycles. The summed E-state index contributed by atoms with van der Waals surface area (Å²) in [4.78, 5) is 28.9. The minimum Gasteiger partial charge on any atom is -0.465 e. The Balaban J connectivity index is 1.27. The van der Waals surface area contributed by atoms with Gasteiger partial charge in [-0.05, 0) is 23.3 Å². The highest BCUT2D eigenvalue weighted by molar-refractivity contribution is 5.68. The molecule has 8 nitrogen and oxygen atoms in total. The average Bonchev–Trinajstić information content (AvgIpc) is 2.83. The lowest BCUT2D eigenvalue weighted by atomic mass is 10.1. The SMILES string of the molecule is O=C(O)N1CCOC(c2ccc(N3CCN(C(=O)OCc4ccccc4)CC3)cc2)C1. The quantitative estimate of drug-likeness (QED) is 0.810. The molecular weight excluding hydrogens is 398 g/mol. The lowest BCUT2D eigenvalue weighted by molar-refractivity contribution is -0.0231. The first-order chi connectivity index (χ1) is 15.1. The number of anilines is 1. The highest BCUT2D eigenvalue weighted by Gasteiger charge is 2.26. The molecule has 0 aromatic heterocycles. The van der Waals surface area contributed by atoms with Gasteiger partial charge in [0, 0.05) is 38.4 Å². The molecule has 1 N–H and O–H groups in total. The molecule has 2 fully saturated rings. The predicted molar refractivity (Wildman–Crippen MR) is 115 cm³/mol. The topological polar surface area (TPSA) is 82.5 Å². The molecule has 31 heavy (non-hydrogen) atoms. The van der Waals surface area contributed by atoms with E-state index in [2.05, 4.69) is 4.90 Å². The zero-order valence-electron chi connectivity index (χ0n) is 17.4. The molecule has 1 atom stereocenters. The molecule has 8 heteroatoms. The van der Waals surface area contributed by atoms with Crippen LogP contribution in [0, 0.1) is 0 Å². The largest absolute Gasteiger partial charge is 0.465 e. The number of morpholine rings is 1. The number of carbonyl (C=O) groups excluding carboxylic acids is 1. The fourth-order valence-corrected chi connectivity index (χ4v) is 3.88. The molecular formula is C23H27N3O5. The van der Waals surface area contributed by atoms with Gasteiger partial charge in [-0.2, -0.15) is 0 Å². The van der Waals surface area contributed by atoms with Gasteiger partial charge in [0.25, 0.3) is 0 Å². The molecule has 1 unspecified atom stereocenters. The van der Waals surface area contributed by atoms with E-state index in [1.165, 1.54) is 4.90 Å². The molecule has 2 heterocycles. The predicted octanol–water partition coefficient (Wildman–Crippen LogP) is 3.20. The first-order valence-corrected chi connectivity index (χ1v) is 10.5. The van der Waals surface area contributed by atoms with E-state index in [9.17, 15) is 14.7 Å². The monoisotopic (exact) mass is 425 g/mol. The highest BCUT2D eigenvalue weighted by Crippen LogP contribution is 2.25. The van der Waals surface area contributed by atoms with Gasteiger partial charge in [0.2, 0.25) is 0 Å². The molecule has 0 saturated carbocycles. The number of piperazine rings is 1. The van der Waals surface area contributed by atoms with E-state index in [0.29, 0.717) is 32.8 Å². The Kier molecular flexibility index (Phi) is 6.57. The highest BCUT2D eigenvalue weighted by atomic mass is 16.6. The van der Waals surface area contributed by atoms with Crippen molar-refractivity contribution in [3.8, 4) is 0 Å². The number of hydrogen-bond acceptors (Lipinski definition) is 5. The van der Waals surface area contributed by atoms with Crippen molar-refractivity contribution in [1.29, 1.82) is 0 Å². The normalized spacial score (nSPS) is 19.2. The van der Waals surface area contributed by atoms with Crippen LogP contribution in [0.3, 0.4) is 0 Å². The van der Waals surface area contributed by atoms with Gasteiger partial charge < -0.3 is 29.3 Å². The summed E-state index contributed by atoms with van der Waals surface area (Å²) in [7, 11) is 0. The van der Waals surface area contributed by atoms with Crippen LogP contribution >= 0.6 is 0 Å². The molecule has 2 saturated heterocycles. The standard InChI is InChI=1S/C23H27N3O5/c27-22(28)26-14-15-30-21(16-26)19-6-8-20(9-7-19)24-10-12-25(13-11-24)23(29)31-17-18-4-2-1-3-5-18/h1-9,21H,10-17H2,(H,27,28). The van der Waals surface area contributed by atoms with Gasteiger partial charge in [-0.3, -0.25) is 0 Å². The fraction of sp³-hybridized carbons (Fsp3) is 0.391. The van der Waals surface area contributed by atoms with Crippen molar-refractivity contribution in [2.24, 2.45) is 0 Å². The maximum absolute atomic E-state index is 12.3. The number of hydrogen-bond donors (Lipinski definition) is 1. The van der Waals surface area contributed by atoms with Crippen LogP contribution in [0.25, 0.3) is 0 Å². The van der Waals surface area contributed by atoms with E-state index in [1.54, 1.807) is 4.90 Å². The fourth-order valence-electron chi connectivity index (χ4n) is 3.88. The summed E-state index contributed by atoms with van der Waals surface area (Å²) in [6.45, 7) is 4.10. The van der Waals surface area contributed by atoms with Crippen molar-refractivity contribution in [2.45, 2.75) is 12.7 Å². The molecule has 164 valence electrons. The first-order valence-electron chi connectivity index (χ1n) is 10.5. The number of rotatable bonds is 4. The van der Waals surface area contributed by atoms with Crippen molar-refractivity contribution >= 4 is 17.9 Å². The number of amides is 2. The molecule has 2 aliphatic rings. The van der Waals surface area contributed by atoms with E-state index in [-0.39, 0.29) is 18.8 Å². The van der Waals surface area contributed by atoms with Gasteiger partial charge in [0.05, 0.1) is 13.2 Å². The van der Waals surface area contributed by atoms with Crippen LogP contribution in [-0.2, 0) is 16.1 Å². The summed E-state index contributed by atoms with van der Waals surface area (Å²) >= 11 is 0. The van der Waals surface area contributed by atoms with Crippen molar-refractivity contribution in [3.63, 3.8) is 0 Å². The van der Waals surface area contributed by atoms with Crippen molar-refractivity contribution in [3.05, 3.63) is 65.7 Å². The van der Waals surface area contributed by atoms with Crippen LogP contribution in [0.5, 0.6) is 0 Å². The van der Waals surface area contributed by atoms with Gasteiger partial charge in [0.15, 0.2) is 0 Å². The van der Waals surface area contributed by atoms with Gasteiger partial charge in [0.1, 0.15) is 12.7 Å². The van der Waals surface area contributed by atoms with E-state index < -0.39 is 6.09 Å². The second-order valence-corrected chi connectivity index (χ2v) is 7.69. The lowest BCUT2D eigenvalue weighted by Crippen LogP contribution is -2.48. The summed E-state index contributed by atoms with van der Waals surface area (Å²) in [5.74, 6) is 0. The maximum Gasteiger partial charge on any atom is 0.410 e. The van der Waals surface area contributed by atoms with E-state index >= 15 is 0 Å². The third-order valence-corrected chi connectivity index (χ3v) is 5.71. The summed E-state index contributed by atoms with van der Waals surface area (Å²) in [6, 6.07) is 17.7. The molecule has 2 aliphatic heterocycles. The van der Waals surface area contributed by atoms with Gasteiger partial charge in [-0.1, -0.05) is 42.5 Å². The van der Waals surface area contributed by atoms with Crippen LogP contribution in [0.2, 0.25) is 0 Å². The van der Waals surface area contributed by atoms with Crippen LogP contribution in [0.15, 0.2) is 54.6 Å². The summed E-state index contributed by atoms with van der Waals surface area (Å²) < 4.78 is 11.2. The number of carbonyl (C=O) groups is 2. The van der Waals surface area contributed by atoms with E-state index in [0.717, 1.165) is 29.9 Å². The number of ether oxygens (including phenoxy) is 2. The van der Waals surface area contributed by atoms with Gasteiger partial charge >= 0.3 is 12.2 Å². The molecule has 2 aromatic carbocycles. The van der Waals surface area contributed by atoms with Crippen LogP contribution in [0.1, 0.15) is 17.2 Å². The van der Waals surface area contributed by atoms with Crippen molar-refractivity contribution < 1.29 is 24.2 Å². The zero-order valence-corrected chi connectivity index (χ0v) is 17.4. The van der Waals surface area contributed by atoms with E-state index in [1.807, 2.05) is 54.6 Å². The average molecular weight is 425 g/mol. The van der Waals surface area contributed by atoms with Crippen molar-refractivity contribution in [2.75, 3.05) is 50.8 Å². The minimum atomic E-state index is -0.912. The third kappa shape index (κ3) is 5.27. The second kappa shape index (κ2) is 9.70. The Morgan fingerprint density at radius 1 is 0.935 bits per heavy atom. The van der Waals surface area contributed by atoms with Crippen molar-refractivity contribution in [1.82, 2.24) is 9.80 Å². The Bertz CT molecular complexity index is 882. The zero-order chi connectivity index (χ0) is 21.6. The molecule has 4 rings (SSSR count). The second-order valence-electron chi connectivity index (χ2n) is 7.69. The lowest BCUT2D eigenvalue weighted by Gasteiger charge is -2.36. The number of nitrogens with zero attached hydrogens (tertiary/aromatic N) is 3. The third-order valence-electron chi connectivity index (χ3n) is 5.71. The first kappa shape index (κ1) is 21.0. The smallest absolute Gasteiger partial charge is 0.410 e. The molecule has 2 aromatic rings.